The average Bonchev–Trinajstić information content (AvgIpc) is 2.96. The number of halogens is 6. The summed E-state index contributed by atoms with van der Waals surface area (Å²) >= 11 is 0. The van der Waals surface area contributed by atoms with Crippen LogP contribution in [-0.2, 0) is 18.8 Å². The van der Waals surface area contributed by atoms with E-state index in [4.69, 9.17) is 4.42 Å². The van der Waals surface area contributed by atoms with Crippen LogP contribution in [0.3, 0.4) is 0 Å². The molecule has 1 fully saturated rings. The summed E-state index contributed by atoms with van der Waals surface area (Å²) in [6.07, 6.45) is -9.67. The number of carbonyl (C=O) groups is 2. The molecule has 0 aliphatic carbocycles. The van der Waals surface area contributed by atoms with Gasteiger partial charge in [0.25, 0.3) is 11.8 Å². The highest BCUT2D eigenvalue weighted by Gasteiger charge is 2.39. The Kier molecular flexibility index (Phi) is 8.04. The van der Waals surface area contributed by atoms with Crippen molar-refractivity contribution in [2.24, 2.45) is 0 Å². The van der Waals surface area contributed by atoms with Gasteiger partial charge in [-0.15, -0.1) is 0 Å². The van der Waals surface area contributed by atoms with Crippen molar-refractivity contribution in [2.45, 2.75) is 43.7 Å². The molecular weight excluding hydrogens is 578 g/mol. The fraction of sp³-hybridized carbons (Fsp3) is 0.258. The van der Waals surface area contributed by atoms with Crippen LogP contribution in [0.25, 0.3) is 11.0 Å². The van der Waals surface area contributed by atoms with Crippen molar-refractivity contribution in [2.75, 3.05) is 6.54 Å². The van der Waals surface area contributed by atoms with Gasteiger partial charge in [0.2, 0.25) is 0 Å². The van der Waals surface area contributed by atoms with E-state index in [1.54, 1.807) is 54.6 Å². The van der Waals surface area contributed by atoms with Gasteiger partial charge in [-0.1, -0.05) is 42.5 Å². The highest BCUT2D eigenvalue weighted by molar-refractivity contribution is 5.95. The molecule has 0 unspecified atom stereocenters. The van der Waals surface area contributed by atoms with Gasteiger partial charge in [-0.2, -0.15) is 26.3 Å². The van der Waals surface area contributed by atoms with Gasteiger partial charge in [-0.3, -0.25) is 14.4 Å². The molecule has 5 rings (SSSR count). The summed E-state index contributed by atoms with van der Waals surface area (Å²) in [7, 11) is 0. The molecule has 1 N–H and O–H groups in total. The summed E-state index contributed by atoms with van der Waals surface area (Å²) in [6.45, 7) is -0.0550. The molecule has 43 heavy (non-hydrogen) atoms. The van der Waals surface area contributed by atoms with E-state index in [0.29, 0.717) is 17.5 Å². The molecule has 2 heterocycles. The molecule has 0 radical (unpaired) electrons. The Morgan fingerprint density at radius 3 is 2.14 bits per heavy atom. The van der Waals surface area contributed by atoms with Crippen LogP contribution in [0.5, 0.6) is 0 Å². The largest absolute Gasteiger partial charge is 0.451 e. The molecule has 6 nitrogen and oxygen atoms in total. The number of likely N-dealkylation sites (tertiary alicyclic amines) is 1. The van der Waals surface area contributed by atoms with Gasteiger partial charge in [0.1, 0.15) is 5.58 Å². The Hall–Kier alpha value is -4.61. The number of fused-ring (bicyclic) bond motifs is 1. The van der Waals surface area contributed by atoms with Gasteiger partial charge < -0.3 is 14.6 Å². The van der Waals surface area contributed by atoms with Crippen LogP contribution in [-0.4, -0.2) is 35.3 Å². The van der Waals surface area contributed by atoms with Crippen LogP contribution in [0.4, 0.5) is 26.3 Å². The Morgan fingerprint density at radius 1 is 0.860 bits per heavy atom. The third-order valence-corrected chi connectivity index (χ3v) is 7.32. The smallest absolute Gasteiger partial charge is 0.416 e. The van der Waals surface area contributed by atoms with Crippen molar-refractivity contribution < 1.29 is 40.3 Å². The maximum Gasteiger partial charge on any atom is 0.416 e. The van der Waals surface area contributed by atoms with Gasteiger partial charge in [0, 0.05) is 30.3 Å². The van der Waals surface area contributed by atoms with E-state index in [1.165, 1.54) is 4.90 Å². The molecule has 1 aromatic heterocycles. The van der Waals surface area contributed by atoms with Crippen LogP contribution in [0.1, 0.15) is 50.4 Å². The van der Waals surface area contributed by atoms with Gasteiger partial charge in [-0.05, 0) is 55.2 Å². The van der Waals surface area contributed by atoms with E-state index < -0.39 is 58.4 Å². The number of para-hydroxylation sites is 1. The fourth-order valence-corrected chi connectivity index (χ4v) is 5.25. The molecule has 0 bridgehead atoms. The first-order valence-corrected chi connectivity index (χ1v) is 13.3. The summed E-state index contributed by atoms with van der Waals surface area (Å²) < 4.78 is 86.4. The van der Waals surface area contributed by atoms with Crippen molar-refractivity contribution in [3.05, 3.63) is 117 Å². The number of hydrogen-bond acceptors (Lipinski definition) is 4. The van der Waals surface area contributed by atoms with E-state index in [2.05, 4.69) is 5.32 Å². The first-order chi connectivity index (χ1) is 20.3. The predicted molar refractivity (Wildman–Crippen MR) is 144 cm³/mol. The van der Waals surface area contributed by atoms with Gasteiger partial charge >= 0.3 is 12.4 Å². The van der Waals surface area contributed by atoms with Crippen molar-refractivity contribution in [1.29, 1.82) is 0 Å². The molecular formula is C31H24F6N2O4. The number of amides is 2. The summed E-state index contributed by atoms with van der Waals surface area (Å²) in [5, 5.41) is 3.10. The quantitative estimate of drug-likeness (QED) is 0.266. The minimum absolute atomic E-state index is 0.0227. The van der Waals surface area contributed by atoms with E-state index in [0.717, 1.165) is 11.6 Å². The molecule has 1 saturated heterocycles. The number of rotatable bonds is 5. The maximum atomic E-state index is 13.5. The molecule has 2 amide bonds. The predicted octanol–water partition coefficient (Wildman–Crippen LogP) is 6.48. The summed E-state index contributed by atoms with van der Waals surface area (Å²) in [6, 6.07) is 15.9. The van der Waals surface area contributed by atoms with Crippen LogP contribution in [0.2, 0.25) is 0 Å². The molecule has 4 aromatic rings. The molecule has 224 valence electrons. The number of nitrogens with zero attached hydrogens (tertiary/aromatic N) is 1. The highest BCUT2D eigenvalue weighted by atomic mass is 19.4. The molecule has 1 aliphatic heterocycles. The lowest BCUT2D eigenvalue weighted by molar-refractivity contribution is -0.143. The minimum Gasteiger partial charge on any atom is -0.451 e. The lowest BCUT2D eigenvalue weighted by Crippen LogP contribution is -2.52. The normalized spacial score (nSPS) is 17.6. The number of carbonyl (C=O) groups excluding carboxylic acids is 2. The van der Waals surface area contributed by atoms with Crippen LogP contribution in [0.15, 0.2) is 88.1 Å². The van der Waals surface area contributed by atoms with E-state index in [1.807, 2.05) is 0 Å². The zero-order valence-electron chi connectivity index (χ0n) is 22.3. The SMILES string of the molecule is O=C(N[C@H]1CCN(C(=O)c2cc(C(F)(F)F)cc(C(F)(F)F)c2)[C@H](Cc2ccccc2)C1)c1cc(=O)c2ccccc2o1. The van der Waals surface area contributed by atoms with Gasteiger partial charge in [0.05, 0.1) is 16.5 Å². The fourth-order valence-electron chi connectivity index (χ4n) is 5.25. The topological polar surface area (TPSA) is 79.6 Å². The Labute approximate surface area is 240 Å². The van der Waals surface area contributed by atoms with Gasteiger partial charge in [-0.25, -0.2) is 0 Å². The Bertz CT molecular complexity index is 1680. The average molecular weight is 603 g/mol. The van der Waals surface area contributed by atoms with Crippen LogP contribution in [0, 0.1) is 0 Å². The molecule has 0 saturated carbocycles. The highest BCUT2D eigenvalue weighted by Crippen LogP contribution is 2.37. The molecule has 12 heteroatoms. The van der Waals surface area contributed by atoms with E-state index in [9.17, 15) is 40.7 Å². The second-order valence-corrected chi connectivity index (χ2v) is 10.3. The molecule has 0 spiro atoms. The molecule has 2 atom stereocenters. The summed E-state index contributed by atoms with van der Waals surface area (Å²) in [5.74, 6) is -1.87. The summed E-state index contributed by atoms with van der Waals surface area (Å²) in [5.41, 5.74) is -3.30. The van der Waals surface area contributed by atoms with Gasteiger partial charge in [0.15, 0.2) is 11.2 Å². The Morgan fingerprint density at radius 2 is 1.49 bits per heavy atom. The van der Waals surface area contributed by atoms with Crippen molar-refractivity contribution in [3.63, 3.8) is 0 Å². The first kappa shape index (κ1) is 29.9. The number of nitrogens with one attached hydrogen (secondary N) is 1. The third kappa shape index (κ3) is 6.73. The minimum atomic E-state index is -5.10. The summed E-state index contributed by atoms with van der Waals surface area (Å²) in [4.78, 5) is 40.3. The molecule has 3 aromatic carbocycles. The van der Waals surface area contributed by atoms with Crippen LogP contribution < -0.4 is 10.7 Å². The second kappa shape index (κ2) is 11.6. The zero-order chi connectivity index (χ0) is 30.9. The second-order valence-electron chi connectivity index (χ2n) is 10.3. The third-order valence-electron chi connectivity index (χ3n) is 7.32. The van der Waals surface area contributed by atoms with Crippen LogP contribution >= 0.6 is 0 Å². The lowest BCUT2D eigenvalue weighted by atomic mass is 9.91. The maximum absolute atomic E-state index is 13.5. The van der Waals surface area contributed by atoms with Crippen molar-refractivity contribution in [3.8, 4) is 0 Å². The number of hydrogen-bond donors (Lipinski definition) is 1. The van der Waals surface area contributed by atoms with Crippen molar-refractivity contribution >= 4 is 22.8 Å². The standard InChI is InChI=1S/C31H24F6N2O4/c32-30(33,34)20-13-19(14-21(15-20)31(35,36)37)29(42)39-11-10-22(16-23(39)12-18-6-2-1-3-7-18)38-28(41)27-17-25(40)24-8-4-5-9-26(24)43-27/h1-9,13-15,17,22-23H,10-12,16H2,(H,38,41)/t22-,23+/m0/s1. The number of piperidine rings is 1. The monoisotopic (exact) mass is 602 g/mol. The van der Waals surface area contributed by atoms with Crippen molar-refractivity contribution in [1.82, 2.24) is 10.2 Å². The Balaban J connectivity index is 1.42. The number of benzene rings is 3. The van der Waals surface area contributed by atoms with E-state index in [-0.39, 0.29) is 43.2 Å². The van der Waals surface area contributed by atoms with E-state index >= 15 is 0 Å². The lowest BCUT2D eigenvalue weighted by Gasteiger charge is -2.40. The zero-order valence-corrected chi connectivity index (χ0v) is 22.3. The molecule has 1 aliphatic rings. The first-order valence-electron chi connectivity index (χ1n) is 13.3. The number of alkyl halides is 6.